The van der Waals surface area contributed by atoms with Crippen molar-refractivity contribution in [2.24, 2.45) is 0 Å². The molecule has 0 aliphatic heterocycles. The highest BCUT2D eigenvalue weighted by molar-refractivity contribution is 5.98. The van der Waals surface area contributed by atoms with E-state index >= 15 is 0 Å². The summed E-state index contributed by atoms with van der Waals surface area (Å²) in [6.45, 7) is 5.18. The van der Waals surface area contributed by atoms with E-state index < -0.39 is 12.1 Å². The molecule has 96 valence electrons. The van der Waals surface area contributed by atoms with E-state index in [1.54, 1.807) is 6.92 Å². The molecule has 1 aromatic heterocycles. The monoisotopic (exact) mass is 254 g/mol. The summed E-state index contributed by atoms with van der Waals surface area (Å²) in [4.78, 5) is 16.5. The Morgan fingerprint density at radius 1 is 1.37 bits per heavy atom. The van der Waals surface area contributed by atoms with Crippen molar-refractivity contribution >= 4 is 16.9 Å². The van der Waals surface area contributed by atoms with Crippen molar-refractivity contribution in [3.8, 4) is 6.07 Å². The lowest BCUT2D eigenvalue weighted by molar-refractivity contribution is 0.0433. The molecule has 19 heavy (non-hydrogen) atoms. The first kappa shape index (κ1) is 13.0. The van der Waals surface area contributed by atoms with E-state index in [1.807, 2.05) is 37.3 Å². The molecule has 1 heterocycles. The molecule has 0 amide bonds. The van der Waals surface area contributed by atoms with Gasteiger partial charge in [0.05, 0.1) is 16.8 Å². The molecular weight excluding hydrogens is 240 g/mol. The number of carbonyl (C=O) groups is 1. The SMILES string of the molecule is Cc1nc2ccccc2c(C)c1C(=O)O[C@H](C)C#N. The van der Waals surface area contributed by atoms with Crippen LogP contribution in [0.1, 0.15) is 28.5 Å². The fraction of sp³-hybridized carbons (Fsp3) is 0.267. The first-order chi connectivity index (χ1) is 9.04. The third-order valence-corrected chi connectivity index (χ3v) is 3.00. The molecule has 4 heteroatoms. The minimum absolute atomic E-state index is 0.445. The second-order valence-electron chi connectivity index (χ2n) is 4.39. The molecule has 0 spiro atoms. The summed E-state index contributed by atoms with van der Waals surface area (Å²) in [5.74, 6) is -0.498. The molecule has 0 bridgehead atoms. The molecule has 0 fully saturated rings. The van der Waals surface area contributed by atoms with Crippen LogP contribution in [0.3, 0.4) is 0 Å². The number of nitrogens with zero attached hydrogens (tertiary/aromatic N) is 2. The van der Waals surface area contributed by atoms with Crippen molar-refractivity contribution in [1.29, 1.82) is 5.26 Å². The predicted octanol–water partition coefficient (Wildman–Crippen LogP) is 2.92. The van der Waals surface area contributed by atoms with E-state index in [-0.39, 0.29) is 0 Å². The van der Waals surface area contributed by atoms with E-state index in [4.69, 9.17) is 10.00 Å². The van der Waals surface area contributed by atoms with Gasteiger partial charge in [-0.1, -0.05) is 18.2 Å². The van der Waals surface area contributed by atoms with Crippen LogP contribution in [0, 0.1) is 25.2 Å². The maximum atomic E-state index is 12.1. The van der Waals surface area contributed by atoms with Crippen LogP contribution in [-0.4, -0.2) is 17.1 Å². The molecule has 0 N–H and O–H groups in total. The van der Waals surface area contributed by atoms with Crippen molar-refractivity contribution in [2.75, 3.05) is 0 Å². The van der Waals surface area contributed by atoms with Crippen LogP contribution < -0.4 is 0 Å². The normalized spacial score (nSPS) is 11.9. The summed E-state index contributed by atoms with van der Waals surface area (Å²) in [6, 6.07) is 9.51. The van der Waals surface area contributed by atoms with Gasteiger partial charge in [0.1, 0.15) is 6.07 Å². The van der Waals surface area contributed by atoms with Gasteiger partial charge in [-0.05, 0) is 32.4 Å². The lowest BCUT2D eigenvalue weighted by atomic mass is 10.0. The maximum absolute atomic E-state index is 12.1. The number of nitriles is 1. The van der Waals surface area contributed by atoms with Crippen molar-refractivity contribution in [3.63, 3.8) is 0 Å². The summed E-state index contributed by atoms with van der Waals surface area (Å²) in [6.07, 6.45) is -0.766. The number of para-hydroxylation sites is 1. The number of pyridine rings is 1. The first-order valence-electron chi connectivity index (χ1n) is 6.01. The van der Waals surface area contributed by atoms with Gasteiger partial charge in [0.15, 0.2) is 6.10 Å². The summed E-state index contributed by atoms with van der Waals surface area (Å²) in [7, 11) is 0. The van der Waals surface area contributed by atoms with E-state index in [0.29, 0.717) is 11.3 Å². The molecule has 1 atom stereocenters. The molecule has 2 rings (SSSR count). The second kappa shape index (κ2) is 5.07. The van der Waals surface area contributed by atoms with Gasteiger partial charge in [-0.25, -0.2) is 4.79 Å². The number of aromatic nitrogens is 1. The molecule has 0 saturated carbocycles. The Balaban J connectivity index is 2.55. The number of benzene rings is 1. The standard InChI is InChI=1S/C15H14N2O2/c1-9(8-16)19-15(18)14-10(2)12-6-4-5-7-13(12)17-11(14)3/h4-7,9H,1-3H3/t9-/m1/s1. The van der Waals surface area contributed by atoms with Crippen LogP contribution in [0.2, 0.25) is 0 Å². The van der Waals surface area contributed by atoms with E-state index in [1.165, 1.54) is 6.92 Å². The van der Waals surface area contributed by atoms with E-state index in [2.05, 4.69) is 4.98 Å². The molecular formula is C15H14N2O2. The van der Waals surface area contributed by atoms with Crippen LogP contribution >= 0.6 is 0 Å². The molecule has 1 aromatic carbocycles. The van der Waals surface area contributed by atoms with Crippen LogP contribution in [-0.2, 0) is 4.74 Å². The topological polar surface area (TPSA) is 63.0 Å². The van der Waals surface area contributed by atoms with Gasteiger partial charge in [0, 0.05) is 5.39 Å². The lowest BCUT2D eigenvalue weighted by Crippen LogP contribution is -2.16. The van der Waals surface area contributed by atoms with E-state index in [9.17, 15) is 4.79 Å². The van der Waals surface area contributed by atoms with Crippen LogP contribution in [0.15, 0.2) is 24.3 Å². The second-order valence-corrected chi connectivity index (χ2v) is 4.39. The Bertz CT molecular complexity index is 686. The summed E-state index contributed by atoms with van der Waals surface area (Å²) in [5, 5.41) is 9.62. The number of esters is 1. The summed E-state index contributed by atoms with van der Waals surface area (Å²) >= 11 is 0. The first-order valence-corrected chi connectivity index (χ1v) is 6.01. The molecule has 0 aliphatic carbocycles. The Labute approximate surface area is 111 Å². The lowest BCUT2D eigenvalue weighted by Gasteiger charge is -2.12. The number of rotatable bonds is 2. The van der Waals surface area contributed by atoms with Gasteiger partial charge in [0.25, 0.3) is 0 Å². The zero-order valence-corrected chi connectivity index (χ0v) is 11.1. The minimum atomic E-state index is -0.766. The molecule has 0 aliphatic rings. The average molecular weight is 254 g/mol. The van der Waals surface area contributed by atoms with E-state index in [0.717, 1.165) is 16.5 Å². The Morgan fingerprint density at radius 3 is 2.74 bits per heavy atom. The zero-order chi connectivity index (χ0) is 14.0. The number of hydrogen-bond donors (Lipinski definition) is 0. The Kier molecular flexibility index (Phi) is 3.48. The number of carbonyl (C=O) groups excluding carboxylic acids is 1. The number of fused-ring (bicyclic) bond motifs is 1. The third-order valence-electron chi connectivity index (χ3n) is 3.00. The number of ether oxygens (including phenoxy) is 1. The zero-order valence-electron chi connectivity index (χ0n) is 11.1. The van der Waals surface area contributed by atoms with Gasteiger partial charge < -0.3 is 4.74 Å². The predicted molar refractivity (Wildman–Crippen MR) is 71.7 cm³/mol. The number of aryl methyl sites for hydroxylation is 2. The average Bonchev–Trinajstić information content (AvgIpc) is 2.38. The van der Waals surface area contributed by atoms with Crippen molar-refractivity contribution < 1.29 is 9.53 Å². The molecule has 0 unspecified atom stereocenters. The molecule has 0 radical (unpaired) electrons. The molecule has 0 saturated heterocycles. The Hall–Kier alpha value is -2.41. The van der Waals surface area contributed by atoms with Gasteiger partial charge >= 0.3 is 5.97 Å². The minimum Gasteiger partial charge on any atom is -0.444 e. The van der Waals surface area contributed by atoms with Gasteiger partial charge in [0.2, 0.25) is 0 Å². The Morgan fingerprint density at radius 2 is 2.05 bits per heavy atom. The fourth-order valence-corrected chi connectivity index (χ4v) is 2.08. The molecule has 4 nitrogen and oxygen atoms in total. The van der Waals surface area contributed by atoms with Crippen molar-refractivity contribution in [3.05, 3.63) is 41.1 Å². The largest absolute Gasteiger partial charge is 0.444 e. The van der Waals surface area contributed by atoms with Crippen LogP contribution in [0.4, 0.5) is 0 Å². The summed E-state index contributed by atoms with van der Waals surface area (Å²) < 4.78 is 5.06. The highest BCUT2D eigenvalue weighted by Crippen LogP contribution is 2.23. The van der Waals surface area contributed by atoms with Crippen molar-refractivity contribution in [2.45, 2.75) is 26.9 Å². The number of hydrogen-bond acceptors (Lipinski definition) is 4. The molecule has 2 aromatic rings. The smallest absolute Gasteiger partial charge is 0.341 e. The quantitative estimate of drug-likeness (QED) is 0.773. The van der Waals surface area contributed by atoms with Crippen LogP contribution in [0.25, 0.3) is 10.9 Å². The fourth-order valence-electron chi connectivity index (χ4n) is 2.08. The van der Waals surface area contributed by atoms with Gasteiger partial charge in [-0.2, -0.15) is 5.26 Å². The maximum Gasteiger partial charge on any atom is 0.341 e. The summed E-state index contributed by atoms with van der Waals surface area (Å²) in [5.41, 5.74) is 2.74. The highest BCUT2D eigenvalue weighted by Gasteiger charge is 2.19. The van der Waals surface area contributed by atoms with Gasteiger partial charge in [-0.15, -0.1) is 0 Å². The third kappa shape index (κ3) is 2.41. The van der Waals surface area contributed by atoms with Crippen LogP contribution in [0.5, 0.6) is 0 Å². The van der Waals surface area contributed by atoms with Gasteiger partial charge in [-0.3, -0.25) is 4.98 Å². The highest BCUT2D eigenvalue weighted by atomic mass is 16.5. The van der Waals surface area contributed by atoms with Crippen molar-refractivity contribution in [1.82, 2.24) is 4.98 Å².